The van der Waals surface area contributed by atoms with Crippen LogP contribution >= 0.6 is 0 Å². The second-order valence-corrected chi connectivity index (χ2v) is 12.1. The van der Waals surface area contributed by atoms with E-state index in [-0.39, 0.29) is 0 Å². The number of furan rings is 1. The Hall–Kier alpha value is -6.65. The van der Waals surface area contributed by atoms with Crippen LogP contribution < -0.4 is 0 Å². The molecule has 0 aliphatic heterocycles. The third kappa shape index (κ3) is 6.30. The van der Waals surface area contributed by atoms with Crippen LogP contribution in [0.25, 0.3) is 55.3 Å². The van der Waals surface area contributed by atoms with E-state index in [1.54, 1.807) is 0 Å². The Bertz CT molecular complexity index is 2440. The van der Waals surface area contributed by atoms with Gasteiger partial charge in [-0.25, -0.2) is 9.98 Å². The van der Waals surface area contributed by atoms with Gasteiger partial charge in [0.1, 0.15) is 11.2 Å². The molecule has 0 aliphatic rings. The predicted octanol–water partition coefficient (Wildman–Crippen LogP) is 11.7. The van der Waals surface area contributed by atoms with E-state index in [0.717, 1.165) is 72.0 Å². The van der Waals surface area contributed by atoms with E-state index in [2.05, 4.69) is 109 Å². The van der Waals surface area contributed by atoms with Crippen LogP contribution in [0.3, 0.4) is 0 Å². The standard InChI is InChI=1S/C46H33N3O/c1-47-46(49-45(35-22-12-5-13-23-35)48-31-32-16-6-2-7-17-32)41-29-39(30-43-44(41)40-24-14-15-25-42(40)50-43)38-27-36(33-18-8-3-9-19-33)26-37(28-38)34-20-10-4-11-21-34/h2-30H,1,31H2/b48-45-,49-46-. The Kier molecular flexibility index (Phi) is 8.49. The van der Waals surface area contributed by atoms with E-state index in [9.17, 15) is 0 Å². The highest BCUT2D eigenvalue weighted by Gasteiger charge is 2.19. The molecule has 238 valence electrons. The third-order valence-corrected chi connectivity index (χ3v) is 8.85. The lowest BCUT2D eigenvalue weighted by Gasteiger charge is -2.13. The summed E-state index contributed by atoms with van der Waals surface area (Å²) in [7, 11) is 0. The fourth-order valence-electron chi connectivity index (χ4n) is 6.40. The van der Waals surface area contributed by atoms with Crippen LogP contribution in [-0.2, 0) is 6.54 Å². The summed E-state index contributed by atoms with van der Waals surface area (Å²) >= 11 is 0. The highest BCUT2D eigenvalue weighted by atomic mass is 16.3. The Labute approximate surface area is 291 Å². The molecule has 8 rings (SSSR count). The fourth-order valence-corrected chi connectivity index (χ4v) is 6.40. The molecule has 4 heteroatoms. The van der Waals surface area contributed by atoms with Gasteiger partial charge in [-0.3, -0.25) is 4.99 Å². The number of nitrogens with zero attached hydrogens (tertiary/aromatic N) is 3. The van der Waals surface area contributed by atoms with Crippen LogP contribution in [0.5, 0.6) is 0 Å². The molecule has 4 nitrogen and oxygen atoms in total. The zero-order chi connectivity index (χ0) is 33.7. The largest absolute Gasteiger partial charge is 0.456 e. The first kappa shape index (κ1) is 30.7. The molecule has 0 unspecified atom stereocenters. The van der Waals surface area contributed by atoms with Crippen LogP contribution in [0.2, 0.25) is 0 Å². The Morgan fingerprint density at radius 1 is 0.480 bits per heavy atom. The van der Waals surface area contributed by atoms with Crippen molar-refractivity contribution in [1.29, 1.82) is 0 Å². The maximum absolute atomic E-state index is 6.53. The van der Waals surface area contributed by atoms with Gasteiger partial charge in [0.15, 0.2) is 11.7 Å². The van der Waals surface area contributed by atoms with Gasteiger partial charge in [-0.2, -0.15) is 0 Å². The highest BCUT2D eigenvalue weighted by molar-refractivity contribution is 6.22. The summed E-state index contributed by atoms with van der Waals surface area (Å²) in [5, 5.41) is 1.93. The molecular formula is C46H33N3O. The van der Waals surface area contributed by atoms with Crippen LogP contribution in [0.1, 0.15) is 16.7 Å². The highest BCUT2D eigenvalue weighted by Crippen LogP contribution is 2.38. The van der Waals surface area contributed by atoms with Crippen LogP contribution in [-0.4, -0.2) is 18.4 Å². The van der Waals surface area contributed by atoms with Gasteiger partial charge in [-0.15, -0.1) is 0 Å². The lowest BCUT2D eigenvalue weighted by Crippen LogP contribution is -2.06. The molecule has 0 spiro atoms. The number of amidine groups is 2. The van der Waals surface area contributed by atoms with E-state index in [1.165, 1.54) is 0 Å². The molecule has 7 aromatic carbocycles. The zero-order valence-corrected chi connectivity index (χ0v) is 27.4. The average molecular weight is 644 g/mol. The summed E-state index contributed by atoms with van der Waals surface area (Å²) in [6, 6.07) is 60.3. The Morgan fingerprint density at radius 3 is 1.62 bits per heavy atom. The van der Waals surface area contributed by atoms with Gasteiger partial charge in [-0.05, 0) is 82.1 Å². The molecule has 0 N–H and O–H groups in total. The number of aliphatic imine (C=N–C) groups is 3. The van der Waals surface area contributed by atoms with E-state index in [0.29, 0.717) is 18.2 Å². The molecule has 0 saturated carbocycles. The molecule has 0 radical (unpaired) electrons. The van der Waals surface area contributed by atoms with E-state index in [1.807, 2.05) is 78.9 Å². The van der Waals surface area contributed by atoms with Gasteiger partial charge >= 0.3 is 0 Å². The van der Waals surface area contributed by atoms with Crippen molar-refractivity contribution in [2.75, 3.05) is 0 Å². The van der Waals surface area contributed by atoms with Crippen molar-refractivity contribution in [3.05, 3.63) is 193 Å². The minimum atomic E-state index is 0.474. The summed E-state index contributed by atoms with van der Waals surface area (Å²) < 4.78 is 6.53. The number of rotatable bonds is 7. The van der Waals surface area contributed by atoms with Crippen molar-refractivity contribution in [1.82, 2.24) is 0 Å². The normalized spacial score (nSPS) is 12.0. The topological polar surface area (TPSA) is 50.2 Å². The van der Waals surface area contributed by atoms with Crippen molar-refractivity contribution < 1.29 is 4.42 Å². The van der Waals surface area contributed by atoms with E-state index >= 15 is 0 Å². The maximum atomic E-state index is 6.53. The van der Waals surface area contributed by atoms with Crippen LogP contribution in [0, 0.1) is 0 Å². The number of hydrogen-bond donors (Lipinski definition) is 0. The van der Waals surface area contributed by atoms with Crippen molar-refractivity contribution in [3.8, 4) is 33.4 Å². The van der Waals surface area contributed by atoms with E-state index < -0.39 is 0 Å². The maximum Gasteiger partial charge on any atom is 0.161 e. The molecule has 0 saturated heterocycles. The lowest BCUT2D eigenvalue weighted by atomic mass is 9.92. The van der Waals surface area contributed by atoms with Crippen molar-refractivity contribution in [2.24, 2.45) is 15.0 Å². The SMILES string of the molecule is C=N/C(=N\C(=N/Cc1ccccc1)c1ccccc1)c1cc(-c2cc(-c3ccccc3)cc(-c3ccccc3)c2)cc2oc3ccccc3c12. The van der Waals surface area contributed by atoms with Gasteiger partial charge in [0, 0.05) is 21.9 Å². The third-order valence-electron chi connectivity index (χ3n) is 8.85. The molecule has 1 aromatic heterocycles. The van der Waals surface area contributed by atoms with Gasteiger partial charge in [-0.1, -0.05) is 140 Å². The molecule has 1 heterocycles. The number of fused-ring (bicyclic) bond motifs is 3. The number of hydrogen-bond acceptors (Lipinski definition) is 2. The van der Waals surface area contributed by atoms with Gasteiger partial charge in [0.2, 0.25) is 0 Å². The predicted molar refractivity (Wildman–Crippen MR) is 209 cm³/mol. The summed E-state index contributed by atoms with van der Waals surface area (Å²) in [4.78, 5) is 14.7. The first-order valence-corrected chi connectivity index (χ1v) is 16.6. The molecule has 8 aromatic rings. The van der Waals surface area contributed by atoms with Crippen molar-refractivity contribution in [3.63, 3.8) is 0 Å². The van der Waals surface area contributed by atoms with Gasteiger partial charge in [0.05, 0.1) is 6.54 Å². The second-order valence-electron chi connectivity index (χ2n) is 12.1. The lowest BCUT2D eigenvalue weighted by molar-refractivity contribution is 0.669. The summed E-state index contributed by atoms with van der Waals surface area (Å²) in [6.07, 6.45) is 0. The minimum absolute atomic E-state index is 0.474. The first-order chi connectivity index (χ1) is 24.7. The molecule has 0 aliphatic carbocycles. The number of benzene rings is 7. The second kappa shape index (κ2) is 13.8. The monoisotopic (exact) mass is 643 g/mol. The quantitative estimate of drug-likeness (QED) is 0.126. The first-order valence-electron chi connectivity index (χ1n) is 16.6. The average Bonchev–Trinajstić information content (AvgIpc) is 3.58. The molecule has 0 fully saturated rings. The van der Waals surface area contributed by atoms with E-state index in [4.69, 9.17) is 14.4 Å². The van der Waals surface area contributed by atoms with Gasteiger partial charge in [0.25, 0.3) is 0 Å². The molecular weight excluding hydrogens is 611 g/mol. The Morgan fingerprint density at radius 2 is 1.00 bits per heavy atom. The summed E-state index contributed by atoms with van der Waals surface area (Å²) in [5.74, 6) is 1.06. The summed E-state index contributed by atoms with van der Waals surface area (Å²) in [6.45, 7) is 4.50. The fraction of sp³-hybridized carbons (Fsp3) is 0.0217. The molecule has 0 bridgehead atoms. The number of para-hydroxylation sites is 1. The van der Waals surface area contributed by atoms with Crippen LogP contribution in [0.4, 0.5) is 0 Å². The zero-order valence-electron chi connectivity index (χ0n) is 27.4. The molecule has 0 amide bonds. The smallest absolute Gasteiger partial charge is 0.161 e. The summed E-state index contributed by atoms with van der Waals surface area (Å²) in [5.41, 5.74) is 11.0. The van der Waals surface area contributed by atoms with Crippen molar-refractivity contribution in [2.45, 2.75) is 6.54 Å². The van der Waals surface area contributed by atoms with Crippen LogP contribution in [0.15, 0.2) is 195 Å². The molecule has 50 heavy (non-hydrogen) atoms. The Balaban J connectivity index is 1.35. The van der Waals surface area contributed by atoms with Crippen molar-refractivity contribution >= 4 is 40.3 Å². The molecule has 0 atom stereocenters. The van der Waals surface area contributed by atoms with Gasteiger partial charge < -0.3 is 4.42 Å². The minimum Gasteiger partial charge on any atom is -0.456 e.